The summed E-state index contributed by atoms with van der Waals surface area (Å²) in [6.07, 6.45) is 2.40. The molecular weight excluding hydrogens is 289 g/mol. The Hall–Kier alpha value is -2.16. The molecule has 0 aliphatic heterocycles. The second kappa shape index (κ2) is 6.53. The third kappa shape index (κ3) is 3.14. The number of halogens is 1. The van der Waals surface area contributed by atoms with Crippen LogP contribution in [0.1, 0.15) is 43.2 Å². The van der Waals surface area contributed by atoms with Gasteiger partial charge in [-0.2, -0.15) is 0 Å². The molecule has 1 N–H and O–H groups in total. The van der Waals surface area contributed by atoms with Crippen molar-refractivity contribution in [1.29, 1.82) is 0 Å². The molecule has 0 radical (unpaired) electrons. The number of carbonyl (C=O) groups excluding carboxylic acids is 1. The topological polar surface area (TPSA) is 29.1 Å². The molecule has 0 heterocycles. The van der Waals surface area contributed by atoms with E-state index in [1.165, 1.54) is 11.6 Å². The molecule has 23 heavy (non-hydrogen) atoms. The number of nitrogens with one attached hydrogen (secondary N) is 1. The molecule has 2 aromatic carbocycles. The fraction of sp³-hybridized carbons (Fsp3) is 0.350. The van der Waals surface area contributed by atoms with E-state index < -0.39 is 5.41 Å². The Bertz CT molecular complexity index is 679. The molecule has 1 aliphatic carbocycles. The van der Waals surface area contributed by atoms with Crippen LogP contribution >= 0.6 is 0 Å². The van der Waals surface area contributed by atoms with Crippen LogP contribution < -0.4 is 5.32 Å². The normalized spacial score (nSPS) is 16.6. The molecule has 0 spiro atoms. The van der Waals surface area contributed by atoms with Crippen molar-refractivity contribution >= 4 is 5.91 Å². The minimum atomic E-state index is -0.652. The highest BCUT2D eigenvalue weighted by molar-refractivity contribution is 5.91. The van der Waals surface area contributed by atoms with E-state index in [1.54, 1.807) is 18.2 Å². The van der Waals surface area contributed by atoms with E-state index in [0.717, 1.165) is 19.3 Å². The van der Waals surface area contributed by atoms with Gasteiger partial charge in [0, 0.05) is 18.0 Å². The van der Waals surface area contributed by atoms with Crippen LogP contribution in [0.4, 0.5) is 4.39 Å². The number of amides is 1. The lowest BCUT2D eigenvalue weighted by molar-refractivity contribution is -0.123. The minimum absolute atomic E-state index is 0.0445. The first-order valence-corrected chi connectivity index (χ1v) is 8.25. The quantitative estimate of drug-likeness (QED) is 0.852. The maximum absolute atomic E-state index is 14.0. The molecule has 2 aromatic rings. The molecule has 1 atom stereocenters. The standard InChI is InChI=1S/C20H22FNO/c1-2-15(16-8-4-3-5-9-16)14-22-19(23)20(12-13-20)17-10-6-7-11-18(17)21/h3-11,15H,2,12-14H2,1H3,(H,22,23). The second-order valence-corrected chi connectivity index (χ2v) is 6.29. The van der Waals surface area contributed by atoms with Crippen molar-refractivity contribution in [2.75, 3.05) is 6.54 Å². The Morgan fingerprint density at radius 2 is 1.78 bits per heavy atom. The van der Waals surface area contributed by atoms with Gasteiger partial charge in [0.15, 0.2) is 0 Å². The predicted molar refractivity (Wildman–Crippen MR) is 89.8 cm³/mol. The summed E-state index contributed by atoms with van der Waals surface area (Å²) in [4.78, 5) is 12.7. The van der Waals surface area contributed by atoms with Gasteiger partial charge in [-0.3, -0.25) is 4.79 Å². The van der Waals surface area contributed by atoms with E-state index in [4.69, 9.17) is 0 Å². The monoisotopic (exact) mass is 311 g/mol. The lowest BCUT2D eigenvalue weighted by Crippen LogP contribution is -2.37. The lowest BCUT2D eigenvalue weighted by atomic mass is 9.93. The van der Waals surface area contributed by atoms with E-state index in [2.05, 4.69) is 24.4 Å². The van der Waals surface area contributed by atoms with Gasteiger partial charge in [0.25, 0.3) is 0 Å². The van der Waals surface area contributed by atoms with E-state index in [0.29, 0.717) is 12.1 Å². The Labute approximate surface area is 136 Å². The molecule has 1 amide bonds. The molecule has 0 bridgehead atoms. The Morgan fingerprint density at radius 1 is 1.13 bits per heavy atom. The van der Waals surface area contributed by atoms with Gasteiger partial charge in [-0.15, -0.1) is 0 Å². The number of hydrogen-bond donors (Lipinski definition) is 1. The highest BCUT2D eigenvalue weighted by Crippen LogP contribution is 2.49. The van der Waals surface area contributed by atoms with E-state index >= 15 is 0 Å². The summed E-state index contributed by atoms with van der Waals surface area (Å²) >= 11 is 0. The average Bonchev–Trinajstić information content (AvgIpc) is 3.38. The number of carbonyl (C=O) groups is 1. The fourth-order valence-corrected chi connectivity index (χ4v) is 3.20. The van der Waals surface area contributed by atoms with Crippen LogP contribution in [0.25, 0.3) is 0 Å². The van der Waals surface area contributed by atoms with Crippen molar-refractivity contribution in [1.82, 2.24) is 5.32 Å². The highest BCUT2D eigenvalue weighted by Gasteiger charge is 2.52. The Balaban J connectivity index is 1.69. The van der Waals surface area contributed by atoms with E-state index in [9.17, 15) is 9.18 Å². The van der Waals surface area contributed by atoms with Crippen molar-refractivity contribution in [3.63, 3.8) is 0 Å². The Kier molecular flexibility index (Phi) is 4.46. The second-order valence-electron chi connectivity index (χ2n) is 6.29. The van der Waals surface area contributed by atoms with Crippen LogP contribution in [0.5, 0.6) is 0 Å². The third-order valence-corrected chi connectivity index (χ3v) is 4.85. The molecule has 1 saturated carbocycles. The molecule has 0 aromatic heterocycles. The van der Waals surface area contributed by atoms with Gasteiger partial charge in [-0.05, 0) is 30.9 Å². The zero-order valence-corrected chi connectivity index (χ0v) is 13.4. The highest BCUT2D eigenvalue weighted by atomic mass is 19.1. The van der Waals surface area contributed by atoms with Crippen molar-refractivity contribution < 1.29 is 9.18 Å². The SMILES string of the molecule is CCC(CNC(=O)C1(c2ccccc2F)CC1)c1ccccc1. The van der Waals surface area contributed by atoms with E-state index in [1.807, 2.05) is 18.2 Å². The third-order valence-electron chi connectivity index (χ3n) is 4.85. The Morgan fingerprint density at radius 3 is 2.39 bits per heavy atom. The first-order chi connectivity index (χ1) is 11.2. The zero-order valence-electron chi connectivity index (χ0n) is 13.4. The molecule has 0 saturated heterocycles. The summed E-state index contributed by atoms with van der Waals surface area (Å²) < 4.78 is 14.0. The first kappa shape index (κ1) is 15.7. The summed E-state index contributed by atoms with van der Waals surface area (Å²) in [7, 11) is 0. The van der Waals surface area contributed by atoms with Crippen molar-refractivity contribution in [3.8, 4) is 0 Å². The van der Waals surface area contributed by atoms with Gasteiger partial charge < -0.3 is 5.32 Å². The van der Waals surface area contributed by atoms with Crippen LogP contribution in [0, 0.1) is 5.82 Å². The van der Waals surface area contributed by atoms with Crippen LogP contribution in [0.2, 0.25) is 0 Å². The molecule has 2 nitrogen and oxygen atoms in total. The van der Waals surface area contributed by atoms with Gasteiger partial charge in [0.05, 0.1) is 5.41 Å². The summed E-state index contributed by atoms with van der Waals surface area (Å²) in [6, 6.07) is 16.8. The summed E-state index contributed by atoms with van der Waals surface area (Å²) in [6.45, 7) is 2.71. The molecule has 1 aliphatic rings. The van der Waals surface area contributed by atoms with Gasteiger partial charge in [-0.25, -0.2) is 4.39 Å². The first-order valence-electron chi connectivity index (χ1n) is 8.25. The molecular formula is C20H22FNO. The van der Waals surface area contributed by atoms with Crippen LogP contribution in [-0.4, -0.2) is 12.5 Å². The average molecular weight is 311 g/mol. The maximum Gasteiger partial charge on any atom is 0.230 e. The van der Waals surface area contributed by atoms with Crippen LogP contribution in [0.3, 0.4) is 0 Å². The van der Waals surface area contributed by atoms with Gasteiger partial charge in [0.2, 0.25) is 5.91 Å². The number of rotatable bonds is 6. The van der Waals surface area contributed by atoms with Crippen LogP contribution in [0.15, 0.2) is 54.6 Å². The summed E-state index contributed by atoms with van der Waals surface area (Å²) in [5.74, 6) is -0.0381. The van der Waals surface area contributed by atoms with Gasteiger partial charge in [-0.1, -0.05) is 55.5 Å². The number of hydrogen-bond acceptors (Lipinski definition) is 1. The predicted octanol–water partition coefficient (Wildman–Crippen LogP) is 4.17. The fourth-order valence-electron chi connectivity index (χ4n) is 3.20. The number of benzene rings is 2. The largest absolute Gasteiger partial charge is 0.355 e. The van der Waals surface area contributed by atoms with Crippen molar-refractivity contribution in [2.45, 2.75) is 37.5 Å². The molecule has 3 rings (SSSR count). The molecule has 3 heteroatoms. The molecule has 1 fully saturated rings. The smallest absolute Gasteiger partial charge is 0.230 e. The van der Waals surface area contributed by atoms with Crippen molar-refractivity contribution in [3.05, 3.63) is 71.5 Å². The van der Waals surface area contributed by atoms with Gasteiger partial charge in [0.1, 0.15) is 5.82 Å². The summed E-state index contributed by atoms with van der Waals surface area (Å²) in [5, 5.41) is 3.06. The van der Waals surface area contributed by atoms with Gasteiger partial charge >= 0.3 is 0 Å². The maximum atomic E-state index is 14.0. The summed E-state index contributed by atoms with van der Waals surface area (Å²) in [5.41, 5.74) is 1.11. The van der Waals surface area contributed by atoms with Crippen molar-refractivity contribution in [2.24, 2.45) is 0 Å². The molecule has 1 unspecified atom stereocenters. The van der Waals surface area contributed by atoms with E-state index in [-0.39, 0.29) is 17.6 Å². The minimum Gasteiger partial charge on any atom is -0.355 e. The molecule has 120 valence electrons. The zero-order chi connectivity index (χ0) is 16.3. The lowest BCUT2D eigenvalue weighted by Gasteiger charge is -2.20. The van der Waals surface area contributed by atoms with Crippen LogP contribution in [-0.2, 0) is 10.2 Å².